The zero-order chi connectivity index (χ0) is 34.8. The Hall–Kier alpha value is -6.37. The Morgan fingerprint density at radius 1 is 0.723 bits per heavy atom. The van der Waals surface area contributed by atoms with E-state index in [-0.39, 0.29) is 60.2 Å². The highest BCUT2D eigenvalue weighted by molar-refractivity contribution is 6.01. The van der Waals surface area contributed by atoms with Crippen LogP contribution in [0.4, 0.5) is 17.1 Å². The number of aliphatic hydroxyl groups is 2. The molecule has 15 nitrogen and oxygen atoms in total. The lowest BCUT2D eigenvalue weighted by atomic mass is 10.1. The van der Waals surface area contributed by atoms with Crippen LogP contribution in [-0.2, 0) is 6.61 Å². The van der Waals surface area contributed by atoms with Crippen molar-refractivity contribution in [1.82, 2.24) is 0 Å². The number of carbonyl (C=O) groups excluding carboxylic acids is 2. The molecule has 246 valence electrons. The minimum Gasteiger partial charge on any atom is -0.490 e. The predicted octanol–water partition coefficient (Wildman–Crippen LogP) is 2.52. The van der Waals surface area contributed by atoms with Gasteiger partial charge >= 0.3 is 0 Å². The molecule has 0 aliphatic rings. The molecule has 47 heavy (non-hydrogen) atoms. The third-order valence-electron chi connectivity index (χ3n) is 5.86. The minimum absolute atomic E-state index is 0.00412. The molecule has 2 amide bonds. The van der Waals surface area contributed by atoms with Crippen molar-refractivity contribution < 1.29 is 38.9 Å². The van der Waals surface area contributed by atoms with Crippen molar-refractivity contribution in [3.63, 3.8) is 0 Å². The fourth-order valence-corrected chi connectivity index (χ4v) is 3.82. The average Bonchev–Trinajstić information content (AvgIpc) is 3.05. The zero-order valence-corrected chi connectivity index (χ0v) is 25.1. The van der Waals surface area contributed by atoms with E-state index >= 15 is 0 Å². The summed E-state index contributed by atoms with van der Waals surface area (Å²) >= 11 is 0. The number of carbonyl (C=O) groups is 2. The standard InChI is InChI=1S/C14H14N2O2.C9H8N2O4.C9H12N2O3/c15-11-7-4-8-12(13(11)14(16)17)18-9-10-5-2-1-3-6-10;10-6-7-8(11(13)14)2-1-3-9(7)15-5-4-12;10-6-2-1-3-7(14-5-4-12)8(6)9(11)13/h1-8H,9,15H2,(H2,16,17);1-3,12H,4-5H2;1-3,12H,4-5,10H2,(H2,11,13). The number of nitro groups is 1. The molecular formula is C32H34N6O9. The number of hydrogen-bond acceptors (Lipinski definition) is 12. The number of nitrogens with zero attached hydrogens (tertiary/aromatic N) is 2. The third-order valence-corrected chi connectivity index (χ3v) is 5.86. The van der Waals surface area contributed by atoms with Crippen LogP contribution in [-0.4, -0.2) is 53.4 Å². The second kappa shape index (κ2) is 19.1. The van der Waals surface area contributed by atoms with Crippen LogP contribution >= 0.6 is 0 Å². The monoisotopic (exact) mass is 646 g/mol. The van der Waals surface area contributed by atoms with Gasteiger partial charge in [-0.25, -0.2) is 0 Å². The molecule has 4 rings (SSSR count). The summed E-state index contributed by atoms with van der Waals surface area (Å²) in [5, 5.41) is 36.4. The zero-order valence-electron chi connectivity index (χ0n) is 25.1. The Labute approximate surface area is 269 Å². The molecular weight excluding hydrogens is 612 g/mol. The van der Waals surface area contributed by atoms with Crippen molar-refractivity contribution in [2.24, 2.45) is 11.5 Å². The fraction of sp³-hybridized carbons (Fsp3) is 0.156. The number of nitriles is 1. The number of aliphatic hydroxyl groups excluding tert-OH is 2. The van der Waals surface area contributed by atoms with Crippen LogP contribution in [0.5, 0.6) is 17.2 Å². The van der Waals surface area contributed by atoms with Gasteiger partial charge in [-0.05, 0) is 35.9 Å². The molecule has 4 aromatic rings. The summed E-state index contributed by atoms with van der Waals surface area (Å²) < 4.78 is 15.7. The Balaban J connectivity index is 0.000000248. The number of primary amides is 2. The summed E-state index contributed by atoms with van der Waals surface area (Å²) in [5.41, 5.74) is 23.2. The SMILES string of the molecule is N#Cc1c(OCCO)cccc1[N+](=O)[O-].NC(=O)c1c(N)cccc1OCCO.NC(=O)c1c(N)cccc1OCc1ccccc1. The van der Waals surface area contributed by atoms with Gasteiger partial charge in [-0.1, -0.05) is 48.5 Å². The third kappa shape index (κ3) is 11.2. The molecule has 0 saturated carbocycles. The van der Waals surface area contributed by atoms with Gasteiger partial charge in [0.15, 0.2) is 5.56 Å². The largest absolute Gasteiger partial charge is 0.490 e. The number of rotatable bonds is 12. The molecule has 10 N–H and O–H groups in total. The molecule has 0 unspecified atom stereocenters. The number of ether oxygens (including phenoxy) is 3. The first-order valence-corrected chi connectivity index (χ1v) is 13.7. The van der Waals surface area contributed by atoms with Gasteiger partial charge in [0.2, 0.25) is 0 Å². The molecule has 0 fully saturated rings. The van der Waals surface area contributed by atoms with Crippen molar-refractivity contribution in [2.75, 3.05) is 37.9 Å². The van der Waals surface area contributed by atoms with Gasteiger partial charge in [0.25, 0.3) is 17.5 Å². The van der Waals surface area contributed by atoms with Gasteiger partial charge in [0, 0.05) is 17.4 Å². The van der Waals surface area contributed by atoms with Crippen molar-refractivity contribution in [1.29, 1.82) is 5.26 Å². The summed E-state index contributed by atoms with van der Waals surface area (Å²) in [6.45, 7) is 0.116. The number of nitrogen functional groups attached to an aromatic ring is 2. The van der Waals surface area contributed by atoms with Gasteiger partial charge in [-0.2, -0.15) is 5.26 Å². The Bertz CT molecular complexity index is 1690. The molecule has 0 aliphatic carbocycles. The summed E-state index contributed by atoms with van der Waals surface area (Å²) in [6.07, 6.45) is 0. The number of hydrogen-bond donors (Lipinski definition) is 6. The maximum absolute atomic E-state index is 11.3. The van der Waals surface area contributed by atoms with E-state index in [9.17, 15) is 19.7 Å². The number of benzene rings is 4. The smallest absolute Gasteiger partial charge is 0.290 e. The molecule has 0 spiro atoms. The normalized spacial score (nSPS) is 9.72. The van der Waals surface area contributed by atoms with Gasteiger partial charge in [-0.3, -0.25) is 19.7 Å². The Morgan fingerprint density at radius 2 is 1.19 bits per heavy atom. The second-order valence-electron chi connectivity index (χ2n) is 9.11. The van der Waals surface area contributed by atoms with E-state index in [0.29, 0.717) is 23.8 Å². The molecule has 0 heterocycles. The molecule has 4 aromatic carbocycles. The lowest BCUT2D eigenvalue weighted by Crippen LogP contribution is -2.16. The second-order valence-corrected chi connectivity index (χ2v) is 9.11. The highest BCUT2D eigenvalue weighted by Crippen LogP contribution is 2.27. The van der Waals surface area contributed by atoms with Crippen LogP contribution in [0.1, 0.15) is 31.8 Å². The van der Waals surface area contributed by atoms with Crippen molar-refractivity contribution >= 4 is 28.9 Å². The highest BCUT2D eigenvalue weighted by atomic mass is 16.6. The van der Waals surface area contributed by atoms with E-state index in [4.69, 9.17) is 52.6 Å². The lowest BCUT2D eigenvalue weighted by Gasteiger charge is -2.11. The first-order valence-electron chi connectivity index (χ1n) is 13.7. The molecule has 0 saturated heterocycles. The molecule has 0 aromatic heterocycles. The minimum atomic E-state index is -0.648. The van der Waals surface area contributed by atoms with E-state index in [1.165, 1.54) is 18.2 Å². The Morgan fingerprint density at radius 3 is 1.66 bits per heavy atom. The van der Waals surface area contributed by atoms with Crippen LogP contribution in [0.3, 0.4) is 0 Å². The number of nitrogens with two attached hydrogens (primary N) is 4. The van der Waals surface area contributed by atoms with E-state index in [1.807, 2.05) is 30.3 Å². The van der Waals surface area contributed by atoms with E-state index in [0.717, 1.165) is 5.56 Å². The fourth-order valence-electron chi connectivity index (χ4n) is 3.82. The quantitative estimate of drug-likeness (QED) is 0.0736. The van der Waals surface area contributed by atoms with Crippen LogP contribution in [0.25, 0.3) is 0 Å². The number of anilines is 2. The summed E-state index contributed by atoms with van der Waals surface area (Å²) in [7, 11) is 0. The number of amides is 2. The van der Waals surface area contributed by atoms with Crippen LogP contribution in [0.2, 0.25) is 0 Å². The van der Waals surface area contributed by atoms with Crippen LogP contribution in [0.15, 0.2) is 84.9 Å². The lowest BCUT2D eigenvalue weighted by molar-refractivity contribution is -0.385. The molecule has 0 aliphatic heterocycles. The van der Waals surface area contributed by atoms with Crippen molar-refractivity contribution in [2.45, 2.75) is 6.61 Å². The topological polar surface area (TPSA) is 273 Å². The van der Waals surface area contributed by atoms with E-state index in [1.54, 1.807) is 42.5 Å². The van der Waals surface area contributed by atoms with Gasteiger partial charge in [0.05, 0.1) is 18.1 Å². The maximum Gasteiger partial charge on any atom is 0.290 e. The van der Waals surface area contributed by atoms with Crippen molar-refractivity contribution in [3.8, 4) is 23.3 Å². The highest BCUT2D eigenvalue weighted by Gasteiger charge is 2.18. The summed E-state index contributed by atoms with van der Waals surface area (Å²) in [6, 6.07) is 25.3. The first kappa shape index (κ1) is 36.8. The Kier molecular flexibility index (Phi) is 15.0. The van der Waals surface area contributed by atoms with Crippen LogP contribution in [0, 0.1) is 21.4 Å². The molecule has 0 bridgehead atoms. The number of nitro benzene ring substituents is 1. The molecule has 15 heteroatoms. The summed E-state index contributed by atoms with van der Waals surface area (Å²) in [4.78, 5) is 32.2. The van der Waals surface area contributed by atoms with E-state index in [2.05, 4.69) is 0 Å². The van der Waals surface area contributed by atoms with Crippen LogP contribution < -0.4 is 37.1 Å². The van der Waals surface area contributed by atoms with E-state index < -0.39 is 16.7 Å². The predicted molar refractivity (Wildman–Crippen MR) is 172 cm³/mol. The van der Waals surface area contributed by atoms with Crippen molar-refractivity contribution in [3.05, 3.63) is 117 Å². The average molecular weight is 647 g/mol. The van der Waals surface area contributed by atoms with Gasteiger partial charge in [0.1, 0.15) is 54.3 Å². The molecule has 0 radical (unpaired) electrons. The first-order chi connectivity index (χ1) is 22.5. The van der Waals surface area contributed by atoms with Gasteiger partial charge in [-0.15, -0.1) is 0 Å². The van der Waals surface area contributed by atoms with Gasteiger partial charge < -0.3 is 47.4 Å². The molecule has 0 atom stereocenters. The summed E-state index contributed by atoms with van der Waals surface area (Å²) in [5.74, 6) is -0.411. The maximum atomic E-state index is 11.3.